The van der Waals surface area contributed by atoms with Gasteiger partial charge in [0.05, 0.1) is 0 Å². The highest BCUT2D eigenvalue weighted by molar-refractivity contribution is 5.21. The molecule has 0 aliphatic carbocycles. The number of benzene rings is 1. The Morgan fingerprint density at radius 3 is 2.55 bits per heavy atom. The summed E-state index contributed by atoms with van der Waals surface area (Å²) in [5.74, 6) is 0.880. The smallest absolute Gasteiger partial charge is 0.119 e. The molecule has 2 heteroatoms. The number of rotatable bonds is 3. The fourth-order valence-electron chi connectivity index (χ4n) is 0.779. The van der Waals surface area contributed by atoms with Crippen molar-refractivity contribution in [2.75, 3.05) is 6.54 Å². The molecule has 0 saturated heterocycles. The topological polar surface area (TPSA) is 35.2 Å². The third-order valence-corrected chi connectivity index (χ3v) is 1.41. The highest BCUT2D eigenvalue weighted by Gasteiger charge is 1.98. The third kappa shape index (κ3) is 2.60. The van der Waals surface area contributed by atoms with Gasteiger partial charge in [0.25, 0.3) is 0 Å². The van der Waals surface area contributed by atoms with Gasteiger partial charge in [-0.2, -0.15) is 0 Å². The standard InChI is InChI=1S/C9H13NO/c1-8(7-10)11-9-5-3-2-4-6-9/h2-6,8H,7,10H2,1H3/t8-/m0/s1. The Balaban J connectivity index is 2.51. The summed E-state index contributed by atoms with van der Waals surface area (Å²) in [7, 11) is 0. The van der Waals surface area contributed by atoms with Crippen LogP contribution in [0, 0.1) is 0 Å². The number of ether oxygens (including phenoxy) is 1. The Labute approximate surface area is 67.0 Å². The fourth-order valence-corrected chi connectivity index (χ4v) is 0.779. The second-order valence-electron chi connectivity index (χ2n) is 2.48. The molecule has 0 radical (unpaired) electrons. The van der Waals surface area contributed by atoms with Crippen molar-refractivity contribution in [2.45, 2.75) is 13.0 Å². The van der Waals surface area contributed by atoms with Gasteiger partial charge in [-0.15, -0.1) is 0 Å². The maximum Gasteiger partial charge on any atom is 0.119 e. The molecule has 1 aromatic rings. The molecule has 2 nitrogen and oxygen atoms in total. The van der Waals surface area contributed by atoms with E-state index in [1.165, 1.54) is 0 Å². The molecule has 1 atom stereocenters. The largest absolute Gasteiger partial charge is 0.489 e. The monoisotopic (exact) mass is 151 g/mol. The fraction of sp³-hybridized carbons (Fsp3) is 0.333. The minimum absolute atomic E-state index is 0.0948. The molecular weight excluding hydrogens is 138 g/mol. The van der Waals surface area contributed by atoms with E-state index in [2.05, 4.69) is 0 Å². The lowest BCUT2D eigenvalue weighted by Crippen LogP contribution is -2.22. The van der Waals surface area contributed by atoms with Crippen LogP contribution in [0.2, 0.25) is 0 Å². The van der Waals surface area contributed by atoms with Crippen molar-refractivity contribution in [3.63, 3.8) is 0 Å². The Morgan fingerprint density at radius 1 is 1.36 bits per heavy atom. The van der Waals surface area contributed by atoms with Crippen LogP contribution in [0.1, 0.15) is 6.92 Å². The van der Waals surface area contributed by atoms with Crippen molar-refractivity contribution < 1.29 is 4.74 Å². The first kappa shape index (κ1) is 8.08. The zero-order valence-electron chi connectivity index (χ0n) is 6.66. The molecule has 1 aromatic carbocycles. The van der Waals surface area contributed by atoms with E-state index in [1.54, 1.807) is 0 Å². The van der Waals surface area contributed by atoms with Gasteiger partial charge in [0, 0.05) is 6.54 Å². The van der Waals surface area contributed by atoms with Crippen molar-refractivity contribution in [3.8, 4) is 5.75 Å². The maximum atomic E-state index is 5.44. The second-order valence-corrected chi connectivity index (χ2v) is 2.48. The van der Waals surface area contributed by atoms with E-state index < -0.39 is 0 Å². The van der Waals surface area contributed by atoms with Crippen LogP contribution in [-0.4, -0.2) is 12.6 Å². The molecule has 60 valence electrons. The van der Waals surface area contributed by atoms with E-state index in [9.17, 15) is 0 Å². The first-order valence-electron chi connectivity index (χ1n) is 3.74. The van der Waals surface area contributed by atoms with Gasteiger partial charge < -0.3 is 10.5 Å². The van der Waals surface area contributed by atoms with E-state index in [0.717, 1.165) is 5.75 Å². The van der Waals surface area contributed by atoms with Crippen LogP contribution >= 0.6 is 0 Å². The zero-order chi connectivity index (χ0) is 8.10. The molecule has 0 bridgehead atoms. The normalized spacial score (nSPS) is 12.5. The average Bonchev–Trinajstić information content (AvgIpc) is 2.06. The first-order valence-corrected chi connectivity index (χ1v) is 3.74. The maximum absolute atomic E-state index is 5.44. The van der Waals surface area contributed by atoms with Gasteiger partial charge in [0.15, 0.2) is 0 Å². The summed E-state index contributed by atoms with van der Waals surface area (Å²) < 4.78 is 5.44. The van der Waals surface area contributed by atoms with Crippen molar-refractivity contribution in [2.24, 2.45) is 5.73 Å². The summed E-state index contributed by atoms with van der Waals surface area (Å²) >= 11 is 0. The molecule has 0 saturated carbocycles. The minimum Gasteiger partial charge on any atom is -0.489 e. The quantitative estimate of drug-likeness (QED) is 0.709. The lowest BCUT2D eigenvalue weighted by molar-refractivity contribution is 0.230. The summed E-state index contributed by atoms with van der Waals surface area (Å²) in [6.45, 7) is 2.50. The van der Waals surface area contributed by atoms with E-state index in [1.807, 2.05) is 37.3 Å². The van der Waals surface area contributed by atoms with Crippen molar-refractivity contribution in [1.82, 2.24) is 0 Å². The third-order valence-electron chi connectivity index (χ3n) is 1.41. The number of hydrogen-bond donors (Lipinski definition) is 1. The number of nitrogens with two attached hydrogens (primary N) is 1. The molecule has 2 N–H and O–H groups in total. The first-order chi connectivity index (χ1) is 5.33. The minimum atomic E-state index is 0.0948. The Hall–Kier alpha value is -1.02. The van der Waals surface area contributed by atoms with E-state index in [-0.39, 0.29) is 6.10 Å². The predicted octanol–water partition coefficient (Wildman–Crippen LogP) is 1.41. The van der Waals surface area contributed by atoms with E-state index >= 15 is 0 Å². The van der Waals surface area contributed by atoms with Gasteiger partial charge in [0.1, 0.15) is 11.9 Å². The molecule has 0 aliphatic rings. The Bertz CT molecular complexity index is 198. The average molecular weight is 151 g/mol. The van der Waals surface area contributed by atoms with Crippen LogP contribution in [0.3, 0.4) is 0 Å². The van der Waals surface area contributed by atoms with E-state index in [0.29, 0.717) is 6.54 Å². The molecule has 0 aliphatic heterocycles. The van der Waals surface area contributed by atoms with Crippen LogP contribution in [0.4, 0.5) is 0 Å². The van der Waals surface area contributed by atoms with Crippen molar-refractivity contribution in [3.05, 3.63) is 30.3 Å². The highest BCUT2D eigenvalue weighted by Crippen LogP contribution is 2.09. The zero-order valence-corrected chi connectivity index (χ0v) is 6.66. The molecule has 0 unspecified atom stereocenters. The molecule has 0 amide bonds. The van der Waals surface area contributed by atoms with Crippen LogP contribution in [0.5, 0.6) is 5.75 Å². The predicted molar refractivity (Wildman–Crippen MR) is 45.6 cm³/mol. The van der Waals surface area contributed by atoms with Gasteiger partial charge in [-0.1, -0.05) is 18.2 Å². The lowest BCUT2D eigenvalue weighted by Gasteiger charge is -2.11. The summed E-state index contributed by atoms with van der Waals surface area (Å²) in [4.78, 5) is 0. The molecule has 0 fully saturated rings. The second kappa shape index (κ2) is 3.98. The number of para-hydroxylation sites is 1. The van der Waals surface area contributed by atoms with Gasteiger partial charge in [-0.05, 0) is 19.1 Å². The summed E-state index contributed by atoms with van der Waals surface area (Å²) in [6.07, 6.45) is 0.0948. The van der Waals surface area contributed by atoms with Gasteiger partial charge in [0.2, 0.25) is 0 Å². The lowest BCUT2D eigenvalue weighted by atomic mass is 10.3. The van der Waals surface area contributed by atoms with Gasteiger partial charge in [-0.25, -0.2) is 0 Å². The Kier molecular flexibility index (Phi) is 2.93. The van der Waals surface area contributed by atoms with Crippen LogP contribution in [0.25, 0.3) is 0 Å². The highest BCUT2D eigenvalue weighted by atomic mass is 16.5. The van der Waals surface area contributed by atoms with Crippen LogP contribution in [0.15, 0.2) is 30.3 Å². The molecular formula is C9H13NO. The number of hydrogen-bond acceptors (Lipinski definition) is 2. The molecule has 0 spiro atoms. The van der Waals surface area contributed by atoms with E-state index in [4.69, 9.17) is 10.5 Å². The Morgan fingerprint density at radius 2 is 2.00 bits per heavy atom. The summed E-state index contributed by atoms with van der Waals surface area (Å²) in [5.41, 5.74) is 5.39. The van der Waals surface area contributed by atoms with Crippen LogP contribution < -0.4 is 10.5 Å². The molecule has 11 heavy (non-hydrogen) atoms. The van der Waals surface area contributed by atoms with Gasteiger partial charge >= 0.3 is 0 Å². The summed E-state index contributed by atoms with van der Waals surface area (Å²) in [5, 5.41) is 0. The molecule has 0 heterocycles. The summed E-state index contributed by atoms with van der Waals surface area (Å²) in [6, 6.07) is 9.69. The van der Waals surface area contributed by atoms with Crippen LogP contribution in [-0.2, 0) is 0 Å². The SMILES string of the molecule is C[C@@H](CN)Oc1ccccc1. The van der Waals surface area contributed by atoms with Crippen molar-refractivity contribution >= 4 is 0 Å². The van der Waals surface area contributed by atoms with Gasteiger partial charge in [-0.3, -0.25) is 0 Å². The molecule has 0 aromatic heterocycles. The molecule has 1 rings (SSSR count). The van der Waals surface area contributed by atoms with Crippen molar-refractivity contribution in [1.29, 1.82) is 0 Å².